The van der Waals surface area contributed by atoms with Crippen LogP contribution >= 0.6 is 11.3 Å². The quantitative estimate of drug-likeness (QED) is 0.241. The van der Waals surface area contributed by atoms with E-state index < -0.39 is 29.1 Å². The summed E-state index contributed by atoms with van der Waals surface area (Å²) in [4.78, 5) is 35.1. The van der Waals surface area contributed by atoms with Crippen LogP contribution in [-0.4, -0.2) is 58.9 Å². The highest BCUT2D eigenvalue weighted by atomic mass is 32.1. The Morgan fingerprint density at radius 1 is 1.12 bits per heavy atom. The van der Waals surface area contributed by atoms with Crippen molar-refractivity contribution in [2.75, 3.05) is 20.8 Å². The minimum Gasteiger partial charge on any atom is -0.496 e. The number of methoxy groups -OCH3 is 2. The van der Waals surface area contributed by atoms with Crippen molar-refractivity contribution in [3.63, 3.8) is 0 Å². The third kappa shape index (κ3) is 6.23. The van der Waals surface area contributed by atoms with Crippen molar-refractivity contribution in [2.45, 2.75) is 77.5 Å². The van der Waals surface area contributed by atoms with Gasteiger partial charge >= 0.3 is 5.97 Å². The number of carbonyl (C=O) groups is 2. The van der Waals surface area contributed by atoms with E-state index in [0.29, 0.717) is 34.0 Å². The molecule has 220 valence electrons. The molecule has 3 heterocycles. The highest BCUT2D eigenvalue weighted by molar-refractivity contribution is 7.07. The predicted octanol–water partition coefficient (Wildman–Crippen LogP) is 5.84. The summed E-state index contributed by atoms with van der Waals surface area (Å²) in [6, 6.07) is 6.42. The Hall–Kier alpha value is -3.50. The fourth-order valence-electron chi connectivity index (χ4n) is 5.19. The van der Waals surface area contributed by atoms with Crippen molar-refractivity contribution in [2.24, 2.45) is 0 Å². The van der Waals surface area contributed by atoms with Gasteiger partial charge in [0.1, 0.15) is 28.8 Å². The van der Waals surface area contributed by atoms with Crippen LogP contribution in [0.5, 0.6) is 5.75 Å². The zero-order valence-corrected chi connectivity index (χ0v) is 26.0. The van der Waals surface area contributed by atoms with Gasteiger partial charge in [-0.05, 0) is 62.5 Å². The largest absolute Gasteiger partial charge is 0.496 e. The van der Waals surface area contributed by atoms with Crippen LogP contribution in [0.15, 0.2) is 51.3 Å². The second kappa shape index (κ2) is 11.4. The van der Waals surface area contributed by atoms with Crippen LogP contribution < -0.4 is 4.74 Å². The lowest BCUT2D eigenvalue weighted by molar-refractivity contribution is -0.165. The Morgan fingerprint density at radius 3 is 2.39 bits per heavy atom. The molecule has 2 atom stereocenters. The maximum Gasteiger partial charge on any atom is 0.337 e. The fraction of sp³-hybridized carbons (Fsp3) is 0.484. The molecule has 0 radical (unpaired) electrons. The van der Waals surface area contributed by atoms with Crippen LogP contribution in [0.4, 0.5) is 0 Å². The number of ether oxygens (including phenoxy) is 3. The second-order valence-corrected chi connectivity index (χ2v) is 13.1. The van der Waals surface area contributed by atoms with E-state index in [9.17, 15) is 9.59 Å². The Morgan fingerprint density at radius 2 is 1.85 bits per heavy atom. The molecule has 41 heavy (non-hydrogen) atoms. The zero-order valence-electron chi connectivity index (χ0n) is 25.2. The molecule has 2 aromatic heterocycles. The molecule has 1 aliphatic rings. The number of hydrogen-bond donors (Lipinski definition) is 0. The van der Waals surface area contributed by atoms with Crippen molar-refractivity contribution in [3.05, 3.63) is 75.1 Å². The van der Waals surface area contributed by atoms with Crippen molar-refractivity contribution < 1.29 is 28.3 Å². The Balaban J connectivity index is 1.97. The molecule has 0 unspecified atom stereocenters. The second-order valence-electron chi connectivity index (χ2n) is 12.3. The third-order valence-corrected chi connectivity index (χ3v) is 7.50. The van der Waals surface area contributed by atoms with Gasteiger partial charge in [0.2, 0.25) is 0 Å². The normalized spacial score (nSPS) is 19.3. The first-order valence-electron chi connectivity index (χ1n) is 13.5. The van der Waals surface area contributed by atoms with Crippen molar-refractivity contribution in [1.82, 2.24) is 15.0 Å². The van der Waals surface area contributed by atoms with Crippen molar-refractivity contribution >= 4 is 23.2 Å². The summed E-state index contributed by atoms with van der Waals surface area (Å²) >= 11 is 1.42. The van der Waals surface area contributed by atoms with E-state index in [0.717, 1.165) is 5.56 Å². The molecule has 1 amide bonds. The SMILES string of the molecule is COCC1=C[C@@](Cc2cscn2)(C(=O)OC(C)(C)C)N(C(=O)c2ccc(C(C)(C)C)c(OC)c2)[C@H]1c1cc(C)on1. The summed E-state index contributed by atoms with van der Waals surface area (Å²) < 4.78 is 22.7. The predicted molar refractivity (Wildman–Crippen MR) is 156 cm³/mol. The van der Waals surface area contributed by atoms with E-state index in [1.807, 2.05) is 11.4 Å². The van der Waals surface area contributed by atoms with Crippen LogP contribution in [0, 0.1) is 6.92 Å². The minimum atomic E-state index is -1.54. The Bertz CT molecular complexity index is 1430. The summed E-state index contributed by atoms with van der Waals surface area (Å²) in [6.07, 6.45) is 1.90. The molecule has 0 spiro atoms. The topological polar surface area (TPSA) is 104 Å². The van der Waals surface area contributed by atoms with Gasteiger partial charge in [0.05, 0.1) is 24.9 Å². The number of benzene rings is 1. The maximum atomic E-state index is 14.7. The molecule has 0 N–H and O–H groups in total. The number of rotatable bonds is 8. The molecule has 3 aromatic rings. The van der Waals surface area contributed by atoms with Gasteiger partial charge in [-0.25, -0.2) is 9.78 Å². The van der Waals surface area contributed by atoms with Crippen LogP contribution in [0.25, 0.3) is 0 Å². The van der Waals surface area contributed by atoms with Crippen LogP contribution in [0.2, 0.25) is 0 Å². The molecule has 10 heteroatoms. The highest BCUT2D eigenvalue weighted by Crippen LogP contribution is 2.46. The van der Waals surface area contributed by atoms with Gasteiger partial charge in [-0.2, -0.15) is 0 Å². The van der Waals surface area contributed by atoms with Crippen molar-refractivity contribution in [3.8, 4) is 5.75 Å². The monoisotopic (exact) mass is 581 g/mol. The number of hydrogen-bond acceptors (Lipinski definition) is 9. The van der Waals surface area contributed by atoms with Gasteiger partial charge in [-0.3, -0.25) is 4.79 Å². The van der Waals surface area contributed by atoms with Gasteiger partial charge in [0, 0.05) is 30.5 Å². The lowest BCUT2D eigenvalue weighted by atomic mass is 9.85. The minimum absolute atomic E-state index is 0.106. The molecule has 0 saturated carbocycles. The van der Waals surface area contributed by atoms with E-state index in [-0.39, 0.29) is 18.4 Å². The number of carbonyl (C=O) groups excluding carboxylic acids is 2. The molecule has 1 aliphatic heterocycles. The van der Waals surface area contributed by atoms with Gasteiger partial charge in [-0.15, -0.1) is 11.3 Å². The molecule has 0 fully saturated rings. The van der Waals surface area contributed by atoms with E-state index in [1.165, 1.54) is 11.3 Å². The Labute approximate surface area is 245 Å². The number of nitrogens with zero attached hydrogens (tertiary/aromatic N) is 3. The number of aromatic nitrogens is 2. The molecular formula is C31H39N3O6S. The zero-order chi connectivity index (χ0) is 30.2. The molecule has 0 aliphatic carbocycles. The lowest BCUT2D eigenvalue weighted by Crippen LogP contribution is -2.57. The summed E-state index contributed by atoms with van der Waals surface area (Å²) in [5.74, 6) is 0.206. The summed E-state index contributed by atoms with van der Waals surface area (Å²) in [7, 11) is 3.16. The Kier molecular flexibility index (Phi) is 8.47. The summed E-state index contributed by atoms with van der Waals surface area (Å²) in [6.45, 7) is 13.6. The van der Waals surface area contributed by atoms with E-state index >= 15 is 0 Å². The van der Waals surface area contributed by atoms with Crippen LogP contribution in [0.3, 0.4) is 0 Å². The van der Waals surface area contributed by atoms with Gasteiger partial charge in [0.15, 0.2) is 5.54 Å². The maximum absolute atomic E-state index is 14.7. The highest BCUT2D eigenvalue weighted by Gasteiger charge is 2.57. The first-order valence-corrected chi connectivity index (χ1v) is 14.4. The number of esters is 1. The van der Waals surface area contributed by atoms with Gasteiger partial charge < -0.3 is 23.6 Å². The number of aryl methyl sites for hydroxylation is 1. The van der Waals surface area contributed by atoms with E-state index in [2.05, 4.69) is 30.9 Å². The average molecular weight is 582 g/mol. The lowest BCUT2D eigenvalue weighted by Gasteiger charge is -2.40. The van der Waals surface area contributed by atoms with Gasteiger partial charge in [0.25, 0.3) is 5.91 Å². The first-order chi connectivity index (χ1) is 19.2. The molecule has 9 nitrogen and oxygen atoms in total. The number of amides is 1. The van der Waals surface area contributed by atoms with Gasteiger partial charge in [-0.1, -0.05) is 32.0 Å². The third-order valence-electron chi connectivity index (χ3n) is 6.86. The van der Waals surface area contributed by atoms with Crippen molar-refractivity contribution in [1.29, 1.82) is 0 Å². The molecule has 4 rings (SSSR count). The molecular weight excluding hydrogens is 542 g/mol. The van der Waals surface area contributed by atoms with E-state index in [1.54, 1.807) is 76.6 Å². The molecule has 0 saturated heterocycles. The molecule has 1 aromatic carbocycles. The standard InChI is InChI=1S/C31H39N3O6S/c1-19-12-24(33-40-19)26-21(16-37-8)14-31(15-22-17-41-18-32-22,28(36)39-30(5,6)7)34(26)27(35)20-10-11-23(29(2,3)4)25(13-20)38-9/h10-14,17-18,26H,15-16H2,1-9H3/t26-,31-/m1/s1. The fourth-order valence-corrected chi connectivity index (χ4v) is 5.75. The summed E-state index contributed by atoms with van der Waals surface area (Å²) in [5, 5.41) is 6.15. The van der Waals surface area contributed by atoms with Crippen LogP contribution in [0.1, 0.15) is 80.7 Å². The number of thiazole rings is 1. The summed E-state index contributed by atoms with van der Waals surface area (Å²) in [5.41, 5.74) is 2.29. The van der Waals surface area contributed by atoms with Crippen LogP contribution in [-0.2, 0) is 26.1 Å². The molecule has 0 bridgehead atoms. The first kappa shape index (κ1) is 30.5. The average Bonchev–Trinajstić information content (AvgIpc) is 3.62. The smallest absolute Gasteiger partial charge is 0.337 e. The van der Waals surface area contributed by atoms with E-state index in [4.69, 9.17) is 18.7 Å².